The Morgan fingerprint density at radius 2 is 1.97 bits per heavy atom. The number of aromatic nitrogens is 2. The number of nitrogens with zero attached hydrogens (tertiary/aromatic N) is 3. The summed E-state index contributed by atoms with van der Waals surface area (Å²) in [5.41, 5.74) is 8.64. The zero-order valence-corrected chi connectivity index (χ0v) is 16.9. The van der Waals surface area contributed by atoms with Crippen molar-refractivity contribution in [2.45, 2.75) is 26.7 Å². The van der Waals surface area contributed by atoms with Crippen molar-refractivity contribution in [3.05, 3.63) is 76.7 Å². The molecule has 0 bridgehead atoms. The van der Waals surface area contributed by atoms with Gasteiger partial charge in [0, 0.05) is 36.0 Å². The van der Waals surface area contributed by atoms with Gasteiger partial charge in [0.1, 0.15) is 5.82 Å². The van der Waals surface area contributed by atoms with Gasteiger partial charge in [-0.3, -0.25) is 10.1 Å². The van der Waals surface area contributed by atoms with Crippen LogP contribution in [0.1, 0.15) is 36.1 Å². The van der Waals surface area contributed by atoms with Gasteiger partial charge in [-0.15, -0.1) is 0 Å². The lowest BCUT2D eigenvalue weighted by molar-refractivity contribution is 0.411. The molecule has 0 saturated carbocycles. The molecule has 1 aromatic heterocycles. The van der Waals surface area contributed by atoms with Crippen molar-refractivity contribution in [1.29, 1.82) is 0 Å². The van der Waals surface area contributed by atoms with Crippen LogP contribution in [0.3, 0.4) is 0 Å². The fourth-order valence-corrected chi connectivity index (χ4v) is 4.11. The van der Waals surface area contributed by atoms with E-state index in [9.17, 15) is 4.39 Å². The first-order chi connectivity index (χ1) is 14.2. The molecule has 1 aliphatic heterocycles. The summed E-state index contributed by atoms with van der Waals surface area (Å²) < 4.78 is 13.5. The van der Waals surface area contributed by atoms with Crippen LogP contribution in [0.5, 0.6) is 0 Å². The van der Waals surface area contributed by atoms with Crippen LogP contribution in [-0.2, 0) is 12.8 Å². The second-order valence-corrected chi connectivity index (χ2v) is 7.18. The quantitative estimate of drug-likeness (QED) is 0.612. The van der Waals surface area contributed by atoms with Crippen LogP contribution in [0.25, 0.3) is 22.7 Å². The third-order valence-electron chi connectivity index (χ3n) is 5.61. The number of hydrogen-bond acceptors (Lipinski definition) is 3. The number of aromatic amines is 1. The number of rotatable bonds is 5. The molecule has 148 valence electrons. The number of halogens is 1. The van der Waals surface area contributed by atoms with Crippen molar-refractivity contribution in [1.82, 2.24) is 15.1 Å². The summed E-state index contributed by atoms with van der Waals surface area (Å²) in [7, 11) is 0. The third-order valence-corrected chi connectivity index (χ3v) is 5.61. The second-order valence-electron chi connectivity index (χ2n) is 7.18. The average molecular weight is 388 g/mol. The molecule has 2 heterocycles. The van der Waals surface area contributed by atoms with Crippen molar-refractivity contribution in [2.75, 3.05) is 13.1 Å². The van der Waals surface area contributed by atoms with Crippen molar-refractivity contribution < 1.29 is 4.39 Å². The van der Waals surface area contributed by atoms with Gasteiger partial charge in [0.2, 0.25) is 0 Å². The summed E-state index contributed by atoms with van der Waals surface area (Å²) in [6.07, 6.45) is 3.71. The fraction of sp³-hybridized carbons (Fsp3) is 0.250. The van der Waals surface area contributed by atoms with Gasteiger partial charge in [-0.1, -0.05) is 13.0 Å². The highest BCUT2D eigenvalue weighted by molar-refractivity contribution is 5.93. The van der Waals surface area contributed by atoms with E-state index in [1.54, 1.807) is 18.3 Å². The summed E-state index contributed by atoms with van der Waals surface area (Å²) in [5, 5.41) is 7.23. The number of hydrogen-bond donors (Lipinski definition) is 1. The highest BCUT2D eigenvalue weighted by Crippen LogP contribution is 2.39. The minimum atomic E-state index is -0.257. The first kappa shape index (κ1) is 19.1. The molecule has 0 aliphatic carbocycles. The van der Waals surface area contributed by atoms with Crippen molar-refractivity contribution in [3.8, 4) is 11.3 Å². The summed E-state index contributed by atoms with van der Waals surface area (Å²) in [6, 6.07) is 13.0. The average Bonchev–Trinajstić information content (AvgIpc) is 3.29. The Labute approximate surface area is 170 Å². The smallest absolute Gasteiger partial charge is 0.123 e. The van der Waals surface area contributed by atoms with E-state index in [0.717, 1.165) is 59.7 Å². The van der Waals surface area contributed by atoms with E-state index in [-0.39, 0.29) is 5.82 Å². The number of fused-ring (bicyclic) bond motifs is 1. The minimum absolute atomic E-state index is 0.257. The predicted octanol–water partition coefficient (Wildman–Crippen LogP) is 5.18. The standard InChI is InChI=1S/C24H25FN4/c1-4-16-14-18-11-13-29(5-2)24(21(18)15-20(16)22-10-12-27-28-22)23(26-3)17-6-8-19(25)9-7-17/h6-10,12,14-15H,3-5,11,13H2,1-2H3,(H,27,28)/b24-23-. The molecule has 5 heteroatoms. The van der Waals surface area contributed by atoms with Gasteiger partial charge in [0.25, 0.3) is 0 Å². The Morgan fingerprint density at radius 1 is 1.17 bits per heavy atom. The SMILES string of the molecule is C=N/C(=C1/c2cc(-c3ccn[nH]3)c(CC)cc2CCN1CC)c1ccc(F)cc1. The maximum atomic E-state index is 13.5. The molecule has 29 heavy (non-hydrogen) atoms. The third kappa shape index (κ3) is 3.48. The van der Waals surface area contributed by atoms with Gasteiger partial charge in [0.05, 0.1) is 17.1 Å². The number of likely N-dealkylation sites (N-methyl/N-ethyl adjacent to an activating group) is 1. The molecule has 0 radical (unpaired) electrons. The Morgan fingerprint density at radius 3 is 2.59 bits per heavy atom. The Bertz CT molecular complexity index is 1050. The summed E-state index contributed by atoms with van der Waals surface area (Å²) in [6.45, 7) is 9.95. The molecule has 2 aromatic carbocycles. The lowest BCUT2D eigenvalue weighted by atomic mass is 9.88. The van der Waals surface area contributed by atoms with E-state index in [4.69, 9.17) is 0 Å². The van der Waals surface area contributed by atoms with Crippen molar-refractivity contribution >= 4 is 18.1 Å². The summed E-state index contributed by atoms with van der Waals surface area (Å²) >= 11 is 0. The van der Waals surface area contributed by atoms with E-state index < -0.39 is 0 Å². The first-order valence-corrected chi connectivity index (χ1v) is 10.0. The van der Waals surface area contributed by atoms with Crippen LogP contribution >= 0.6 is 0 Å². The molecule has 3 aromatic rings. The minimum Gasteiger partial charge on any atom is -0.369 e. The van der Waals surface area contributed by atoms with E-state index >= 15 is 0 Å². The monoisotopic (exact) mass is 388 g/mol. The fourth-order valence-electron chi connectivity index (χ4n) is 4.11. The molecule has 1 N–H and O–H groups in total. The first-order valence-electron chi connectivity index (χ1n) is 10.0. The Kier molecular flexibility index (Phi) is 5.30. The van der Waals surface area contributed by atoms with Crippen LogP contribution in [-0.4, -0.2) is 34.9 Å². The zero-order chi connectivity index (χ0) is 20.4. The lowest BCUT2D eigenvalue weighted by Crippen LogP contribution is -2.30. The number of benzene rings is 2. The number of aliphatic imine (C=N–C) groups is 1. The Balaban J connectivity index is 1.98. The van der Waals surface area contributed by atoms with Gasteiger partial charge in [-0.25, -0.2) is 4.39 Å². The second kappa shape index (κ2) is 8.03. The van der Waals surface area contributed by atoms with E-state index in [2.05, 4.69) is 52.8 Å². The molecule has 0 fully saturated rings. The molecule has 4 nitrogen and oxygen atoms in total. The van der Waals surface area contributed by atoms with Crippen molar-refractivity contribution in [2.24, 2.45) is 4.99 Å². The maximum absolute atomic E-state index is 13.5. The molecular formula is C24H25FN4. The molecule has 0 atom stereocenters. The van der Waals surface area contributed by atoms with Crippen LogP contribution < -0.4 is 0 Å². The number of aryl methyl sites for hydroxylation is 1. The molecule has 4 rings (SSSR count). The van der Waals surface area contributed by atoms with E-state index in [1.165, 1.54) is 23.3 Å². The normalized spacial score (nSPS) is 15.2. The topological polar surface area (TPSA) is 44.3 Å². The largest absolute Gasteiger partial charge is 0.369 e. The van der Waals surface area contributed by atoms with Gasteiger partial charge >= 0.3 is 0 Å². The van der Waals surface area contributed by atoms with E-state index in [0.29, 0.717) is 0 Å². The van der Waals surface area contributed by atoms with Gasteiger partial charge in [-0.2, -0.15) is 5.10 Å². The van der Waals surface area contributed by atoms with Gasteiger partial charge in [0.15, 0.2) is 0 Å². The van der Waals surface area contributed by atoms with Gasteiger partial charge < -0.3 is 4.90 Å². The molecule has 0 spiro atoms. The van der Waals surface area contributed by atoms with Crippen LogP contribution in [0.15, 0.2) is 53.7 Å². The van der Waals surface area contributed by atoms with Gasteiger partial charge in [-0.05, 0) is 74.0 Å². The summed E-state index contributed by atoms with van der Waals surface area (Å²) in [4.78, 5) is 6.72. The van der Waals surface area contributed by atoms with Crippen LogP contribution in [0.4, 0.5) is 4.39 Å². The number of H-pyrrole nitrogens is 1. The zero-order valence-electron chi connectivity index (χ0n) is 16.9. The van der Waals surface area contributed by atoms with Crippen LogP contribution in [0.2, 0.25) is 0 Å². The molecule has 1 aliphatic rings. The highest BCUT2D eigenvalue weighted by atomic mass is 19.1. The molecule has 0 saturated heterocycles. The van der Waals surface area contributed by atoms with Crippen LogP contribution in [0, 0.1) is 5.82 Å². The lowest BCUT2D eigenvalue weighted by Gasteiger charge is -2.34. The summed E-state index contributed by atoms with van der Waals surface area (Å²) in [5.74, 6) is -0.257. The molecule has 0 unspecified atom stereocenters. The van der Waals surface area contributed by atoms with E-state index in [1.807, 2.05) is 6.07 Å². The number of nitrogens with one attached hydrogen (secondary N) is 1. The Hall–Kier alpha value is -3.21. The highest BCUT2D eigenvalue weighted by Gasteiger charge is 2.26. The predicted molar refractivity (Wildman–Crippen MR) is 117 cm³/mol. The molecule has 0 amide bonds. The van der Waals surface area contributed by atoms with Crippen molar-refractivity contribution in [3.63, 3.8) is 0 Å². The molecular weight excluding hydrogens is 363 g/mol. The maximum Gasteiger partial charge on any atom is 0.123 e.